The van der Waals surface area contributed by atoms with Crippen molar-refractivity contribution in [2.45, 2.75) is 18.9 Å². The Labute approximate surface area is 185 Å². The summed E-state index contributed by atoms with van der Waals surface area (Å²) in [5.74, 6) is -0.0558. The molecule has 7 heteroatoms. The minimum Gasteiger partial charge on any atom is -0.369 e. The summed E-state index contributed by atoms with van der Waals surface area (Å²) in [5, 5.41) is 5.41. The average Bonchev–Trinajstić information content (AvgIpc) is 3.49. The highest BCUT2D eigenvalue weighted by atomic mass is 32.1. The van der Waals surface area contributed by atoms with Gasteiger partial charge in [-0.05, 0) is 60.2 Å². The van der Waals surface area contributed by atoms with Crippen molar-refractivity contribution in [1.29, 1.82) is 0 Å². The molecule has 2 aliphatic rings. The number of aromatic amines is 1. The maximum absolute atomic E-state index is 12.3. The van der Waals surface area contributed by atoms with Crippen LogP contribution in [0.3, 0.4) is 0 Å². The molecule has 1 aromatic carbocycles. The molecule has 0 unspecified atom stereocenters. The molecule has 1 aliphatic carbocycles. The van der Waals surface area contributed by atoms with Crippen LogP contribution in [0.15, 0.2) is 52.6 Å². The van der Waals surface area contributed by atoms with Gasteiger partial charge in [0, 0.05) is 60.9 Å². The highest BCUT2D eigenvalue weighted by Gasteiger charge is 2.27. The fourth-order valence-corrected chi connectivity index (χ4v) is 5.47. The lowest BCUT2D eigenvalue weighted by Gasteiger charge is -2.38. The molecule has 0 bridgehead atoms. The summed E-state index contributed by atoms with van der Waals surface area (Å²) in [6.07, 6.45) is 4.44. The third kappa shape index (κ3) is 3.91. The van der Waals surface area contributed by atoms with Crippen molar-refractivity contribution in [2.75, 3.05) is 38.1 Å². The molecule has 0 radical (unpaired) electrons. The third-order valence-electron chi connectivity index (χ3n) is 6.42. The van der Waals surface area contributed by atoms with E-state index in [9.17, 15) is 9.59 Å². The number of allylic oxidation sites excluding steroid dienone is 1. The molecule has 0 saturated carbocycles. The van der Waals surface area contributed by atoms with Crippen LogP contribution in [0.25, 0.3) is 15.7 Å². The van der Waals surface area contributed by atoms with E-state index in [1.807, 2.05) is 35.7 Å². The van der Waals surface area contributed by atoms with Gasteiger partial charge in [-0.1, -0.05) is 6.08 Å². The number of nitrogens with one attached hydrogen (secondary N) is 2. The van der Waals surface area contributed by atoms with E-state index < -0.39 is 0 Å². The molecule has 1 aliphatic heterocycles. The predicted molar refractivity (Wildman–Crippen MR) is 127 cm³/mol. The number of piperazine rings is 1. The molecule has 5 rings (SSSR count). The van der Waals surface area contributed by atoms with E-state index in [0.717, 1.165) is 60.5 Å². The number of amides is 1. The van der Waals surface area contributed by atoms with Gasteiger partial charge >= 0.3 is 0 Å². The minimum atomic E-state index is -0.0558. The number of nitrogens with zero attached hydrogens (tertiary/aromatic N) is 2. The summed E-state index contributed by atoms with van der Waals surface area (Å²) in [5.41, 5.74) is 4.08. The van der Waals surface area contributed by atoms with E-state index in [2.05, 4.69) is 32.2 Å². The van der Waals surface area contributed by atoms with Gasteiger partial charge in [-0.3, -0.25) is 14.5 Å². The molecular weight excluding hydrogens is 408 g/mol. The Bertz CT molecular complexity index is 1190. The third-order valence-corrected chi connectivity index (χ3v) is 7.28. The van der Waals surface area contributed by atoms with E-state index in [4.69, 9.17) is 0 Å². The van der Waals surface area contributed by atoms with Gasteiger partial charge in [0.05, 0.1) is 5.39 Å². The number of hydrogen-bond donors (Lipinski definition) is 2. The zero-order chi connectivity index (χ0) is 21.4. The Hall–Kier alpha value is -2.90. The predicted octanol–water partition coefficient (Wildman–Crippen LogP) is 3.32. The average molecular weight is 435 g/mol. The Kier molecular flexibility index (Phi) is 5.38. The van der Waals surface area contributed by atoms with Crippen LogP contribution in [0.2, 0.25) is 0 Å². The van der Waals surface area contributed by atoms with Gasteiger partial charge in [0.15, 0.2) is 0 Å². The minimum absolute atomic E-state index is 0.00847. The van der Waals surface area contributed by atoms with Crippen LogP contribution >= 0.6 is 11.3 Å². The molecule has 6 nitrogen and oxygen atoms in total. The number of H-pyrrole nitrogens is 1. The van der Waals surface area contributed by atoms with Crippen LogP contribution in [-0.2, 0) is 0 Å². The van der Waals surface area contributed by atoms with E-state index >= 15 is 0 Å². The van der Waals surface area contributed by atoms with Crippen molar-refractivity contribution in [1.82, 2.24) is 15.2 Å². The first-order valence-corrected chi connectivity index (χ1v) is 11.6. The zero-order valence-electron chi connectivity index (χ0n) is 17.6. The first-order chi connectivity index (χ1) is 15.1. The molecule has 3 aromatic rings. The van der Waals surface area contributed by atoms with Crippen molar-refractivity contribution in [2.24, 2.45) is 0 Å². The lowest BCUT2D eigenvalue weighted by molar-refractivity contribution is 0.0963. The number of hydrogen-bond acceptors (Lipinski definition) is 5. The lowest BCUT2D eigenvalue weighted by atomic mass is 10.1. The SMILES string of the molecule is CNC(=O)c1ccc(N2CCN([C@H]3C=C(c4cc5sccc5c(=O)[nH]4)CC3)CC2)cc1. The molecule has 1 saturated heterocycles. The highest BCUT2D eigenvalue weighted by molar-refractivity contribution is 7.17. The van der Waals surface area contributed by atoms with Gasteiger partial charge in [-0.25, -0.2) is 0 Å². The maximum atomic E-state index is 12.3. The van der Waals surface area contributed by atoms with Gasteiger partial charge < -0.3 is 15.2 Å². The quantitative estimate of drug-likeness (QED) is 0.661. The molecule has 0 spiro atoms. The molecule has 1 atom stereocenters. The second-order valence-corrected chi connectivity index (χ2v) is 9.11. The van der Waals surface area contributed by atoms with Gasteiger partial charge in [0.2, 0.25) is 0 Å². The van der Waals surface area contributed by atoms with Crippen LogP contribution in [0.5, 0.6) is 0 Å². The summed E-state index contributed by atoms with van der Waals surface area (Å²) >= 11 is 1.62. The fraction of sp³-hybridized carbons (Fsp3) is 0.333. The Morgan fingerprint density at radius 3 is 2.65 bits per heavy atom. The number of benzene rings is 1. The van der Waals surface area contributed by atoms with Crippen molar-refractivity contribution >= 4 is 38.6 Å². The van der Waals surface area contributed by atoms with Gasteiger partial charge in [0.1, 0.15) is 0 Å². The first-order valence-electron chi connectivity index (χ1n) is 10.7. The topological polar surface area (TPSA) is 68.4 Å². The van der Waals surface area contributed by atoms with Gasteiger partial charge in [0.25, 0.3) is 11.5 Å². The Morgan fingerprint density at radius 2 is 1.90 bits per heavy atom. The summed E-state index contributed by atoms with van der Waals surface area (Å²) in [7, 11) is 1.65. The second-order valence-electron chi connectivity index (χ2n) is 8.16. The van der Waals surface area contributed by atoms with E-state index in [0.29, 0.717) is 11.6 Å². The number of carbonyl (C=O) groups excluding carboxylic acids is 1. The second kappa shape index (κ2) is 8.32. The number of anilines is 1. The number of pyridine rings is 1. The van der Waals surface area contributed by atoms with Crippen LogP contribution < -0.4 is 15.8 Å². The molecule has 3 heterocycles. The number of fused-ring (bicyclic) bond motifs is 1. The van der Waals surface area contributed by atoms with Crippen LogP contribution in [0.4, 0.5) is 5.69 Å². The zero-order valence-corrected chi connectivity index (χ0v) is 18.4. The number of rotatable bonds is 4. The molecular formula is C24H26N4O2S. The normalized spacial score (nSPS) is 19.6. The first kappa shape index (κ1) is 20.0. The van der Waals surface area contributed by atoms with Gasteiger partial charge in [-0.2, -0.15) is 0 Å². The summed E-state index contributed by atoms with van der Waals surface area (Å²) in [6.45, 7) is 3.95. The number of carbonyl (C=O) groups is 1. The summed E-state index contributed by atoms with van der Waals surface area (Å²) in [6, 6.07) is 12.3. The summed E-state index contributed by atoms with van der Waals surface area (Å²) in [4.78, 5) is 32.1. The lowest BCUT2D eigenvalue weighted by Crippen LogP contribution is -2.49. The molecule has 2 N–H and O–H groups in total. The van der Waals surface area contributed by atoms with Crippen LogP contribution in [-0.4, -0.2) is 55.1 Å². The maximum Gasteiger partial charge on any atom is 0.257 e. The van der Waals surface area contributed by atoms with Crippen LogP contribution in [0.1, 0.15) is 28.9 Å². The van der Waals surface area contributed by atoms with Crippen molar-refractivity contribution in [3.63, 3.8) is 0 Å². The van der Waals surface area contributed by atoms with Crippen molar-refractivity contribution < 1.29 is 4.79 Å². The van der Waals surface area contributed by atoms with E-state index in [-0.39, 0.29) is 11.5 Å². The molecule has 160 valence electrons. The Morgan fingerprint density at radius 1 is 1.13 bits per heavy atom. The molecule has 1 amide bonds. The molecule has 1 fully saturated rings. The fourth-order valence-electron chi connectivity index (χ4n) is 4.64. The van der Waals surface area contributed by atoms with E-state index in [1.165, 1.54) is 5.57 Å². The van der Waals surface area contributed by atoms with Crippen LogP contribution in [0, 0.1) is 0 Å². The monoisotopic (exact) mass is 434 g/mol. The molecule has 2 aromatic heterocycles. The molecule has 31 heavy (non-hydrogen) atoms. The summed E-state index contributed by atoms with van der Waals surface area (Å²) < 4.78 is 1.05. The largest absolute Gasteiger partial charge is 0.369 e. The van der Waals surface area contributed by atoms with Gasteiger partial charge in [-0.15, -0.1) is 11.3 Å². The standard InChI is InChI=1S/C24H26N4O2S/c1-25-23(29)16-2-5-18(6-3-16)27-9-11-28(12-10-27)19-7-4-17(14-19)21-15-22-20(8-13-31-22)24(30)26-21/h2-3,5-6,8,13-15,19H,4,7,9-12H2,1H3,(H,25,29)(H,26,30)/t19-/m1/s1. The Balaban J connectivity index is 1.24. The highest BCUT2D eigenvalue weighted by Crippen LogP contribution is 2.32. The van der Waals surface area contributed by atoms with Crippen molar-refractivity contribution in [3.05, 3.63) is 69.5 Å². The van der Waals surface area contributed by atoms with Crippen molar-refractivity contribution in [3.8, 4) is 0 Å². The smallest absolute Gasteiger partial charge is 0.257 e. The van der Waals surface area contributed by atoms with E-state index in [1.54, 1.807) is 18.4 Å². The number of thiophene rings is 1. The number of aromatic nitrogens is 1.